The maximum atomic E-state index is 13.4. The van der Waals surface area contributed by atoms with Crippen LogP contribution in [0.5, 0.6) is 5.75 Å². The number of carbonyl (C=O) groups excluding carboxylic acids is 1. The van der Waals surface area contributed by atoms with Gasteiger partial charge in [0.05, 0.1) is 25.3 Å². The molecular formula is C24H27FN2O4. The Morgan fingerprint density at radius 3 is 2.65 bits per heavy atom. The molecule has 0 radical (unpaired) electrons. The maximum Gasteiger partial charge on any atom is 0.315 e. The minimum Gasteiger partial charge on any atom is -0.497 e. The Bertz CT molecular complexity index is 1060. The van der Waals surface area contributed by atoms with E-state index in [1.54, 1.807) is 19.2 Å². The zero-order valence-corrected chi connectivity index (χ0v) is 17.9. The summed E-state index contributed by atoms with van der Waals surface area (Å²) >= 11 is 0. The van der Waals surface area contributed by atoms with Gasteiger partial charge in [-0.05, 0) is 62.6 Å². The molecule has 0 bridgehead atoms. The fourth-order valence-electron chi connectivity index (χ4n) is 4.13. The highest BCUT2D eigenvalue weighted by molar-refractivity contribution is 5.84. The first kappa shape index (κ1) is 21.2. The SMILES string of the molecule is COc1ccc2oc(C(C)NC(=O)NC(c3ccc(F)cc3)C3CCCO3)c(C)c2c1. The number of hydrogen-bond acceptors (Lipinski definition) is 4. The molecule has 2 aromatic carbocycles. The van der Waals surface area contributed by atoms with Crippen molar-refractivity contribution in [2.24, 2.45) is 0 Å². The number of hydrogen-bond donors (Lipinski definition) is 2. The first-order valence-electron chi connectivity index (χ1n) is 10.5. The summed E-state index contributed by atoms with van der Waals surface area (Å²) < 4.78 is 30.5. The van der Waals surface area contributed by atoms with Crippen molar-refractivity contribution in [1.29, 1.82) is 0 Å². The number of ether oxygens (including phenoxy) is 2. The molecule has 164 valence electrons. The van der Waals surface area contributed by atoms with Gasteiger partial charge >= 0.3 is 6.03 Å². The summed E-state index contributed by atoms with van der Waals surface area (Å²) in [5.74, 6) is 1.12. The third kappa shape index (κ3) is 4.51. The van der Waals surface area contributed by atoms with Gasteiger partial charge in [-0.15, -0.1) is 0 Å². The number of furan rings is 1. The number of nitrogens with one attached hydrogen (secondary N) is 2. The van der Waals surface area contributed by atoms with Crippen molar-refractivity contribution < 1.29 is 23.1 Å². The van der Waals surface area contributed by atoms with Crippen molar-refractivity contribution >= 4 is 17.0 Å². The summed E-state index contributed by atoms with van der Waals surface area (Å²) in [7, 11) is 1.62. The van der Waals surface area contributed by atoms with Gasteiger partial charge in [-0.25, -0.2) is 9.18 Å². The van der Waals surface area contributed by atoms with Crippen LogP contribution in [0, 0.1) is 12.7 Å². The van der Waals surface area contributed by atoms with Crippen LogP contribution >= 0.6 is 0 Å². The van der Waals surface area contributed by atoms with Gasteiger partial charge in [-0.3, -0.25) is 0 Å². The lowest BCUT2D eigenvalue weighted by atomic mass is 9.99. The molecule has 1 aliphatic rings. The van der Waals surface area contributed by atoms with Crippen LogP contribution < -0.4 is 15.4 Å². The lowest BCUT2D eigenvalue weighted by Gasteiger charge is -2.25. The normalized spacial score (nSPS) is 18.0. The number of benzene rings is 2. The average molecular weight is 426 g/mol. The lowest BCUT2D eigenvalue weighted by molar-refractivity contribution is 0.0805. The number of fused-ring (bicyclic) bond motifs is 1. The van der Waals surface area contributed by atoms with E-state index in [0.29, 0.717) is 12.4 Å². The number of methoxy groups -OCH3 is 1. The molecule has 0 saturated carbocycles. The Labute approximate surface area is 180 Å². The van der Waals surface area contributed by atoms with E-state index >= 15 is 0 Å². The van der Waals surface area contributed by atoms with Gasteiger partial charge in [0.2, 0.25) is 0 Å². The van der Waals surface area contributed by atoms with Crippen LogP contribution in [-0.2, 0) is 4.74 Å². The third-order valence-electron chi connectivity index (χ3n) is 5.77. The Kier molecular flexibility index (Phi) is 6.13. The molecule has 2 amide bonds. The second-order valence-corrected chi connectivity index (χ2v) is 7.87. The predicted octanol–water partition coefficient (Wildman–Crippen LogP) is 5.17. The molecule has 1 fully saturated rings. The smallest absolute Gasteiger partial charge is 0.315 e. The van der Waals surface area contributed by atoms with Gasteiger partial charge in [-0.1, -0.05) is 12.1 Å². The topological polar surface area (TPSA) is 72.7 Å². The van der Waals surface area contributed by atoms with E-state index < -0.39 is 0 Å². The van der Waals surface area contributed by atoms with Crippen molar-refractivity contribution in [3.8, 4) is 5.75 Å². The lowest BCUT2D eigenvalue weighted by Crippen LogP contribution is -2.43. The Morgan fingerprint density at radius 2 is 1.97 bits per heavy atom. The van der Waals surface area contributed by atoms with Gasteiger partial charge in [0, 0.05) is 17.6 Å². The first-order valence-corrected chi connectivity index (χ1v) is 10.5. The first-order chi connectivity index (χ1) is 15.0. The fourth-order valence-corrected chi connectivity index (χ4v) is 4.13. The Hall–Kier alpha value is -3.06. The van der Waals surface area contributed by atoms with Crippen molar-refractivity contribution in [2.45, 2.75) is 44.9 Å². The molecule has 31 heavy (non-hydrogen) atoms. The number of aryl methyl sites for hydroxylation is 1. The van der Waals surface area contributed by atoms with Crippen molar-refractivity contribution in [2.75, 3.05) is 13.7 Å². The zero-order valence-electron chi connectivity index (χ0n) is 17.9. The molecular weight excluding hydrogens is 399 g/mol. The van der Waals surface area contributed by atoms with Gasteiger partial charge in [0.25, 0.3) is 0 Å². The zero-order chi connectivity index (χ0) is 22.0. The number of amides is 2. The molecule has 3 atom stereocenters. The van der Waals surface area contributed by atoms with E-state index in [1.807, 2.05) is 32.0 Å². The van der Waals surface area contributed by atoms with Gasteiger partial charge < -0.3 is 24.5 Å². The molecule has 7 heteroatoms. The minimum atomic E-state index is -0.365. The highest BCUT2D eigenvalue weighted by atomic mass is 19.1. The molecule has 4 rings (SSSR count). The number of halogens is 1. The molecule has 3 aromatic rings. The summed E-state index contributed by atoms with van der Waals surface area (Å²) in [4.78, 5) is 12.8. The minimum absolute atomic E-state index is 0.146. The standard InChI is InChI=1S/C24H27FN2O4/c1-14-19-13-18(29-3)10-11-20(19)31-23(14)15(2)26-24(28)27-22(21-5-4-12-30-21)16-6-8-17(25)9-7-16/h6-11,13,15,21-22H,4-5,12H2,1-3H3,(H2,26,27,28). The van der Waals surface area contributed by atoms with Gasteiger partial charge in [0.15, 0.2) is 0 Å². The van der Waals surface area contributed by atoms with Crippen molar-refractivity contribution in [3.63, 3.8) is 0 Å². The van der Waals surface area contributed by atoms with Gasteiger partial charge in [0.1, 0.15) is 22.9 Å². The van der Waals surface area contributed by atoms with E-state index in [-0.39, 0.29) is 30.0 Å². The highest BCUT2D eigenvalue weighted by Gasteiger charge is 2.29. The van der Waals surface area contributed by atoms with Crippen molar-refractivity contribution in [3.05, 3.63) is 65.2 Å². The van der Waals surface area contributed by atoms with Crippen LogP contribution in [0.15, 0.2) is 46.9 Å². The molecule has 2 heterocycles. The molecule has 1 saturated heterocycles. The second kappa shape index (κ2) is 8.98. The van der Waals surface area contributed by atoms with Crippen LogP contribution in [0.1, 0.15) is 48.7 Å². The van der Waals surface area contributed by atoms with E-state index in [9.17, 15) is 9.18 Å². The number of rotatable bonds is 6. The molecule has 0 spiro atoms. The third-order valence-corrected chi connectivity index (χ3v) is 5.77. The molecule has 2 N–H and O–H groups in total. The summed E-state index contributed by atoms with van der Waals surface area (Å²) in [5, 5.41) is 6.92. The summed E-state index contributed by atoms with van der Waals surface area (Å²) in [6, 6.07) is 10.7. The summed E-state index contributed by atoms with van der Waals surface area (Å²) in [6.45, 7) is 4.49. The quantitative estimate of drug-likeness (QED) is 0.570. The number of carbonyl (C=O) groups is 1. The Balaban J connectivity index is 1.50. The second-order valence-electron chi connectivity index (χ2n) is 7.87. The van der Waals surface area contributed by atoms with Crippen LogP contribution in [0.4, 0.5) is 9.18 Å². The van der Waals surface area contributed by atoms with E-state index in [4.69, 9.17) is 13.9 Å². The molecule has 6 nitrogen and oxygen atoms in total. The van der Waals surface area contributed by atoms with Gasteiger partial charge in [-0.2, -0.15) is 0 Å². The van der Waals surface area contributed by atoms with E-state index in [2.05, 4.69) is 10.6 Å². The molecule has 3 unspecified atom stereocenters. The molecule has 1 aromatic heterocycles. The Morgan fingerprint density at radius 1 is 1.19 bits per heavy atom. The van der Waals surface area contributed by atoms with Crippen LogP contribution in [0.3, 0.4) is 0 Å². The van der Waals surface area contributed by atoms with E-state index in [1.165, 1.54) is 12.1 Å². The van der Waals surface area contributed by atoms with Crippen LogP contribution in [0.25, 0.3) is 11.0 Å². The van der Waals surface area contributed by atoms with E-state index in [0.717, 1.165) is 40.7 Å². The maximum absolute atomic E-state index is 13.4. The van der Waals surface area contributed by atoms with Crippen LogP contribution in [-0.4, -0.2) is 25.9 Å². The fraction of sp³-hybridized carbons (Fsp3) is 0.375. The number of urea groups is 1. The molecule has 1 aliphatic heterocycles. The largest absolute Gasteiger partial charge is 0.497 e. The highest BCUT2D eigenvalue weighted by Crippen LogP contribution is 2.32. The summed E-state index contributed by atoms with van der Waals surface area (Å²) in [6.07, 6.45) is 1.62. The average Bonchev–Trinajstić information content (AvgIpc) is 3.41. The predicted molar refractivity (Wildman–Crippen MR) is 116 cm³/mol. The van der Waals surface area contributed by atoms with Crippen molar-refractivity contribution in [1.82, 2.24) is 10.6 Å². The van der Waals surface area contributed by atoms with Crippen LogP contribution in [0.2, 0.25) is 0 Å². The molecule has 0 aliphatic carbocycles. The monoisotopic (exact) mass is 426 g/mol. The summed E-state index contributed by atoms with van der Waals surface area (Å²) in [5.41, 5.74) is 2.50.